The number of benzene rings is 1. The Morgan fingerprint density at radius 1 is 1.29 bits per heavy atom. The van der Waals surface area contributed by atoms with Crippen LogP contribution in [0.25, 0.3) is 0 Å². The topological polar surface area (TPSA) is 94.6 Å². The average molecular weight is 288 g/mol. The van der Waals surface area contributed by atoms with Gasteiger partial charge in [-0.2, -0.15) is 0 Å². The van der Waals surface area contributed by atoms with Crippen LogP contribution in [0.2, 0.25) is 0 Å². The maximum Gasteiger partial charge on any atom is 0.433 e. The number of fused-ring (bicyclic) bond motifs is 1. The van der Waals surface area contributed by atoms with Crippen LogP contribution in [0.1, 0.15) is 28.6 Å². The second-order valence-corrected chi connectivity index (χ2v) is 4.60. The van der Waals surface area contributed by atoms with Crippen LogP contribution in [0.4, 0.5) is 5.88 Å². The Morgan fingerprint density at radius 2 is 2.10 bits per heavy atom. The van der Waals surface area contributed by atoms with Crippen LogP contribution >= 0.6 is 0 Å². The zero-order valence-electron chi connectivity index (χ0n) is 10.9. The van der Waals surface area contributed by atoms with E-state index in [2.05, 4.69) is 5.32 Å². The van der Waals surface area contributed by atoms with Gasteiger partial charge in [0.1, 0.15) is 10.7 Å². The molecule has 2 heterocycles. The zero-order valence-corrected chi connectivity index (χ0v) is 10.9. The predicted molar refractivity (Wildman–Crippen MR) is 72.1 cm³/mol. The summed E-state index contributed by atoms with van der Waals surface area (Å²) in [4.78, 5) is 22.0. The van der Waals surface area contributed by atoms with E-state index in [9.17, 15) is 14.9 Å². The highest BCUT2D eigenvalue weighted by Crippen LogP contribution is 2.31. The molecule has 0 radical (unpaired) electrons. The van der Waals surface area contributed by atoms with Gasteiger partial charge in [0.2, 0.25) is 0 Å². The number of carbonyl (C=O) groups excluding carboxylic acids is 1. The van der Waals surface area contributed by atoms with Crippen molar-refractivity contribution in [3.63, 3.8) is 0 Å². The molecule has 0 bridgehead atoms. The van der Waals surface area contributed by atoms with Crippen LogP contribution in [0.5, 0.6) is 5.75 Å². The lowest BCUT2D eigenvalue weighted by Crippen LogP contribution is -2.31. The Hall–Kier alpha value is -2.83. The van der Waals surface area contributed by atoms with Gasteiger partial charge in [-0.05, 0) is 12.1 Å². The molecular weight excluding hydrogens is 276 g/mol. The molecular formula is C14H12N2O5. The number of amides is 1. The molecule has 7 heteroatoms. The van der Waals surface area contributed by atoms with Crippen LogP contribution in [-0.2, 0) is 0 Å². The van der Waals surface area contributed by atoms with E-state index in [1.165, 1.54) is 6.07 Å². The molecule has 21 heavy (non-hydrogen) atoms. The van der Waals surface area contributed by atoms with Gasteiger partial charge in [-0.15, -0.1) is 0 Å². The van der Waals surface area contributed by atoms with Gasteiger partial charge in [-0.25, -0.2) is 0 Å². The fourth-order valence-electron chi connectivity index (χ4n) is 2.27. The Balaban J connectivity index is 1.77. The number of ether oxygens (including phenoxy) is 1. The van der Waals surface area contributed by atoms with Crippen molar-refractivity contribution < 1.29 is 18.9 Å². The summed E-state index contributed by atoms with van der Waals surface area (Å²) in [6.07, 6.45) is 0.631. The average Bonchev–Trinajstić information content (AvgIpc) is 2.98. The number of carbonyl (C=O) groups is 1. The maximum atomic E-state index is 12.1. The Bertz CT molecular complexity index is 694. The number of rotatable bonds is 3. The number of nitro groups is 1. The summed E-state index contributed by atoms with van der Waals surface area (Å²) < 4.78 is 10.4. The van der Waals surface area contributed by atoms with Gasteiger partial charge >= 0.3 is 5.88 Å². The first kappa shape index (κ1) is 13.2. The van der Waals surface area contributed by atoms with Gasteiger partial charge in [-0.1, -0.05) is 18.2 Å². The van der Waals surface area contributed by atoms with Crippen molar-refractivity contribution in [3.05, 3.63) is 57.8 Å². The largest absolute Gasteiger partial charge is 0.493 e. The maximum absolute atomic E-state index is 12.1. The summed E-state index contributed by atoms with van der Waals surface area (Å²) >= 11 is 0. The number of furan rings is 1. The van der Waals surface area contributed by atoms with Crippen molar-refractivity contribution in [2.24, 2.45) is 0 Å². The monoisotopic (exact) mass is 288 g/mol. The van der Waals surface area contributed by atoms with Crippen molar-refractivity contribution in [1.29, 1.82) is 0 Å². The van der Waals surface area contributed by atoms with Crippen molar-refractivity contribution in [2.45, 2.75) is 12.5 Å². The summed E-state index contributed by atoms with van der Waals surface area (Å²) in [5.74, 6) is -0.275. The number of nitrogens with zero attached hydrogens (tertiary/aromatic N) is 1. The first-order valence-electron chi connectivity index (χ1n) is 6.42. The number of nitrogens with one attached hydrogen (secondary N) is 1. The third kappa shape index (κ3) is 2.58. The lowest BCUT2D eigenvalue weighted by atomic mass is 10.0. The molecule has 1 aliphatic rings. The summed E-state index contributed by atoms with van der Waals surface area (Å²) in [6, 6.07) is 9.69. The molecule has 1 atom stereocenters. The predicted octanol–water partition coefficient (Wildman–Crippen LogP) is 2.44. The first-order valence-corrected chi connectivity index (χ1v) is 6.42. The summed E-state index contributed by atoms with van der Waals surface area (Å²) in [5, 5.41) is 13.4. The zero-order chi connectivity index (χ0) is 14.8. The molecule has 108 valence electrons. The highest BCUT2D eigenvalue weighted by molar-refractivity contribution is 5.92. The molecule has 0 unspecified atom stereocenters. The highest BCUT2D eigenvalue weighted by atomic mass is 16.6. The fourth-order valence-corrected chi connectivity index (χ4v) is 2.27. The van der Waals surface area contributed by atoms with Crippen LogP contribution in [0.15, 0.2) is 40.8 Å². The molecule has 1 aromatic heterocycles. The molecule has 1 amide bonds. The Kier molecular flexibility index (Phi) is 3.31. The first-order chi connectivity index (χ1) is 10.1. The molecule has 3 rings (SSSR count). The van der Waals surface area contributed by atoms with Crippen LogP contribution in [0, 0.1) is 10.1 Å². The van der Waals surface area contributed by atoms with E-state index in [4.69, 9.17) is 9.15 Å². The lowest BCUT2D eigenvalue weighted by Gasteiger charge is -2.26. The molecule has 0 saturated heterocycles. The molecule has 1 aliphatic heterocycles. The molecule has 0 saturated carbocycles. The van der Waals surface area contributed by atoms with E-state index < -0.39 is 16.7 Å². The van der Waals surface area contributed by atoms with Crippen molar-refractivity contribution in [3.8, 4) is 5.75 Å². The van der Waals surface area contributed by atoms with E-state index in [1.807, 2.05) is 24.3 Å². The third-order valence-electron chi connectivity index (χ3n) is 3.26. The van der Waals surface area contributed by atoms with Gasteiger partial charge in [0.25, 0.3) is 5.91 Å². The molecule has 0 fully saturated rings. The van der Waals surface area contributed by atoms with Gasteiger partial charge in [0.05, 0.1) is 18.7 Å². The van der Waals surface area contributed by atoms with Crippen molar-refractivity contribution >= 4 is 11.8 Å². The van der Waals surface area contributed by atoms with Gasteiger partial charge < -0.3 is 14.5 Å². The Morgan fingerprint density at radius 3 is 2.86 bits per heavy atom. The van der Waals surface area contributed by atoms with Crippen LogP contribution < -0.4 is 10.1 Å². The second kappa shape index (κ2) is 5.28. The molecule has 0 aliphatic carbocycles. The molecule has 7 nitrogen and oxygen atoms in total. The third-order valence-corrected chi connectivity index (χ3v) is 3.26. The number of hydrogen-bond acceptors (Lipinski definition) is 5. The summed E-state index contributed by atoms with van der Waals surface area (Å²) in [6.45, 7) is 0.500. The molecule has 0 spiro atoms. The van der Waals surface area contributed by atoms with Crippen molar-refractivity contribution in [1.82, 2.24) is 5.32 Å². The van der Waals surface area contributed by atoms with Gasteiger partial charge in [0.15, 0.2) is 5.76 Å². The van der Waals surface area contributed by atoms with Gasteiger partial charge in [0, 0.05) is 12.0 Å². The van der Waals surface area contributed by atoms with E-state index in [-0.39, 0.29) is 11.8 Å². The van der Waals surface area contributed by atoms with E-state index >= 15 is 0 Å². The van der Waals surface area contributed by atoms with Gasteiger partial charge in [-0.3, -0.25) is 14.9 Å². The van der Waals surface area contributed by atoms with E-state index in [1.54, 1.807) is 0 Å². The summed E-state index contributed by atoms with van der Waals surface area (Å²) in [5.41, 5.74) is 0.887. The number of para-hydroxylation sites is 1. The normalized spacial score (nSPS) is 16.7. The molecule has 1 aromatic carbocycles. The standard InChI is InChI=1S/C14H12N2O5/c17-14(12-5-6-13(21-12)16(18)19)15-10-7-8-20-11-4-2-1-3-9(10)11/h1-6,10H,7-8H2,(H,15,17)/t10-/m0/s1. The molecule has 2 aromatic rings. The minimum absolute atomic E-state index is 0.0781. The van der Waals surface area contributed by atoms with Crippen molar-refractivity contribution in [2.75, 3.05) is 6.61 Å². The SMILES string of the molecule is O=C(N[C@H]1CCOc2ccccc21)c1ccc([N+](=O)[O-])o1. The van der Waals surface area contributed by atoms with Crippen LogP contribution in [0.3, 0.4) is 0 Å². The summed E-state index contributed by atoms with van der Waals surface area (Å²) in [7, 11) is 0. The minimum Gasteiger partial charge on any atom is -0.493 e. The highest BCUT2D eigenvalue weighted by Gasteiger charge is 2.25. The van der Waals surface area contributed by atoms with E-state index in [0.717, 1.165) is 17.4 Å². The number of hydrogen-bond donors (Lipinski definition) is 1. The van der Waals surface area contributed by atoms with Crippen LogP contribution in [-0.4, -0.2) is 17.4 Å². The fraction of sp³-hybridized carbons (Fsp3) is 0.214. The second-order valence-electron chi connectivity index (χ2n) is 4.60. The smallest absolute Gasteiger partial charge is 0.433 e. The molecule has 1 N–H and O–H groups in total. The minimum atomic E-state index is -0.680. The Labute approximate surface area is 119 Å². The van der Waals surface area contributed by atoms with E-state index in [0.29, 0.717) is 13.0 Å². The lowest BCUT2D eigenvalue weighted by molar-refractivity contribution is -0.402. The quantitative estimate of drug-likeness (QED) is 0.691.